The lowest BCUT2D eigenvalue weighted by molar-refractivity contribution is 0.0595. The molecule has 2 aliphatic rings. The van der Waals surface area contributed by atoms with Gasteiger partial charge in [0.15, 0.2) is 11.5 Å². The number of aliphatic hydroxyl groups is 1. The highest BCUT2D eigenvalue weighted by atomic mass is 16.5. The van der Waals surface area contributed by atoms with Gasteiger partial charge in [0.05, 0.1) is 13.7 Å². The molecule has 1 aromatic heterocycles. The van der Waals surface area contributed by atoms with Gasteiger partial charge in [-0.05, 0) is 65.3 Å². The van der Waals surface area contributed by atoms with Crippen molar-refractivity contribution in [3.63, 3.8) is 0 Å². The van der Waals surface area contributed by atoms with Crippen molar-refractivity contribution in [1.29, 1.82) is 0 Å². The Kier molecular flexibility index (Phi) is 6.01. The van der Waals surface area contributed by atoms with Crippen LogP contribution in [-0.4, -0.2) is 41.1 Å². The molecule has 0 spiro atoms. The third-order valence-corrected chi connectivity index (χ3v) is 6.48. The number of nitrogens with zero attached hydrogens (tertiary/aromatic N) is 2. The van der Waals surface area contributed by atoms with Crippen LogP contribution in [0.5, 0.6) is 11.5 Å². The molecule has 0 bridgehead atoms. The van der Waals surface area contributed by atoms with Crippen molar-refractivity contribution in [2.24, 2.45) is 0 Å². The van der Waals surface area contributed by atoms with E-state index >= 15 is 0 Å². The van der Waals surface area contributed by atoms with E-state index in [4.69, 9.17) is 9.47 Å². The number of carbonyl (C=O) groups excluding carboxylic acids is 1. The van der Waals surface area contributed by atoms with Crippen molar-refractivity contribution >= 4 is 5.91 Å². The van der Waals surface area contributed by atoms with Gasteiger partial charge >= 0.3 is 0 Å². The van der Waals surface area contributed by atoms with Crippen LogP contribution in [0.1, 0.15) is 57.4 Å². The van der Waals surface area contributed by atoms with E-state index < -0.39 is 0 Å². The van der Waals surface area contributed by atoms with Gasteiger partial charge < -0.3 is 19.5 Å². The predicted octanol–water partition coefficient (Wildman–Crippen LogP) is 4.28. The fourth-order valence-corrected chi connectivity index (χ4v) is 4.23. The molecule has 33 heavy (non-hydrogen) atoms. The number of hydrogen-bond donors (Lipinski definition) is 1. The topological polar surface area (TPSA) is 71.9 Å². The normalized spacial score (nSPS) is 15.8. The van der Waals surface area contributed by atoms with E-state index in [1.54, 1.807) is 30.3 Å². The first-order valence-electron chi connectivity index (χ1n) is 11.4. The Morgan fingerprint density at radius 3 is 2.42 bits per heavy atom. The van der Waals surface area contributed by atoms with Crippen molar-refractivity contribution in [2.75, 3.05) is 20.2 Å². The zero-order valence-electron chi connectivity index (χ0n) is 18.7. The van der Waals surface area contributed by atoms with Crippen LogP contribution >= 0.6 is 0 Å². The molecule has 1 aliphatic carbocycles. The molecule has 2 fully saturated rings. The van der Waals surface area contributed by atoms with Gasteiger partial charge in [-0.15, -0.1) is 0 Å². The summed E-state index contributed by atoms with van der Waals surface area (Å²) in [6.07, 6.45) is 4.17. The van der Waals surface area contributed by atoms with E-state index in [0.29, 0.717) is 42.5 Å². The maximum absolute atomic E-state index is 12.7. The number of benzene rings is 2. The lowest BCUT2D eigenvalue weighted by Gasteiger charge is -2.39. The summed E-state index contributed by atoms with van der Waals surface area (Å²) in [4.78, 5) is 18.6. The van der Waals surface area contributed by atoms with Crippen molar-refractivity contribution < 1.29 is 19.4 Å². The van der Waals surface area contributed by atoms with E-state index in [0.717, 1.165) is 17.0 Å². The first-order valence-corrected chi connectivity index (χ1v) is 11.4. The van der Waals surface area contributed by atoms with Crippen LogP contribution in [0.15, 0.2) is 60.8 Å². The van der Waals surface area contributed by atoms with E-state index in [1.165, 1.54) is 18.4 Å². The molecule has 0 atom stereocenters. The molecule has 1 saturated carbocycles. The van der Waals surface area contributed by atoms with Crippen LogP contribution < -0.4 is 9.47 Å². The third kappa shape index (κ3) is 4.71. The van der Waals surface area contributed by atoms with Crippen molar-refractivity contribution in [3.05, 3.63) is 88.7 Å². The second-order valence-electron chi connectivity index (χ2n) is 8.83. The molecule has 5 rings (SSSR count). The molecule has 0 radical (unpaired) electrons. The summed E-state index contributed by atoms with van der Waals surface area (Å²) in [6, 6.07) is 18.0. The number of aromatic nitrogens is 1. The first-order chi connectivity index (χ1) is 16.1. The van der Waals surface area contributed by atoms with Crippen LogP contribution in [0, 0.1) is 0 Å². The number of carbonyl (C=O) groups is 1. The average Bonchev–Trinajstić information content (AvgIpc) is 3.68. The molecule has 6 heteroatoms. The summed E-state index contributed by atoms with van der Waals surface area (Å²) < 4.78 is 11.6. The van der Waals surface area contributed by atoms with E-state index in [1.807, 2.05) is 18.2 Å². The van der Waals surface area contributed by atoms with Crippen LogP contribution in [0.2, 0.25) is 0 Å². The van der Waals surface area contributed by atoms with Gasteiger partial charge in [0.2, 0.25) is 0 Å². The number of rotatable bonds is 8. The standard InChI is InChI=1S/C27H28N2O4/c1-32-26-13-22(23-14-29(15-23)27(31)24-12-19(16-30)10-11-28-24)8-9-25(26)33-17-18-2-4-20(5-3-18)21-6-7-21/h2-5,8-13,21,23,30H,6-7,14-17H2,1H3. The minimum atomic E-state index is -0.110. The number of ether oxygens (including phenoxy) is 2. The molecule has 1 amide bonds. The van der Waals surface area contributed by atoms with Crippen LogP contribution in [-0.2, 0) is 13.2 Å². The van der Waals surface area contributed by atoms with Crippen LogP contribution in [0.25, 0.3) is 0 Å². The molecular formula is C27H28N2O4. The maximum atomic E-state index is 12.7. The lowest BCUT2D eigenvalue weighted by Crippen LogP contribution is -2.48. The highest BCUT2D eigenvalue weighted by Crippen LogP contribution is 2.40. The summed E-state index contributed by atoms with van der Waals surface area (Å²) in [5.41, 5.74) is 4.73. The quantitative estimate of drug-likeness (QED) is 0.562. The highest BCUT2D eigenvalue weighted by molar-refractivity contribution is 5.93. The van der Waals surface area contributed by atoms with Gasteiger partial charge in [-0.1, -0.05) is 30.3 Å². The third-order valence-electron chi connectivity index (χ3n) is 6.48. The van der Waals surface area contributed by atoms with E-state index in [2.05, 4.69) is 29.2 Å². The SMILES string of the molecule is COc1cc(C2CN(C(=O)c3cc(CO)ccn3)C2)ccc1OCc1ccc(C2CC2)cc1. The predicted molar refractivity (Wildman–Crippen MR) is 125 cm³/mol. The minimum Gasteiger partial charge on any atom is -0.493 e. The molecule has 2 heterocycles. The Bertz CT molecular complexity index is 1140. The van der Waals surface area contributed by atoms with E-state index in [-0.39, 0.29) is 18.4 Å². The molecule has 3 aromatic rings. The Morgan fingerprint density at radius 1 is 0.970 bits per heavy atom. The number of likely N-dealkylation sites (tertiary alicyclic amines) is 1. The van der Waals surface area contributed by atoms with Gasteiger partial charge in [0.25, 0.3) is 5.91 Å². The van der Waals surface area contributed by atoms with Crippen molar-refractivity contribution in [3.8, 4) is 11.5 Å². The minimum absolute atomic E-state index is 0.106. The fourth-order valence-electron chi connectivity index (χ4n) is 4.23. The first kappa shape index (κ1) is 21.5. The zero-order chi connectivity index (χ0) is 22.8. The van der Waals surface area contributed by atoms with Gasteiger partial charge in [0.1, 0.15) is 12.3 Å². The van der Waals surface area contributed by atoms with Crippen molar-refractivity contribution in [2.45, 2.75) is 37.9 Å². The Morgan fingerprint density at radius 2 is 1.73 bits per heavy atom. The lowest BCUT2D eigenvalue weighted by atomic mass is 9.91. The number of hydrogen-bond acceptors (Lipinski definition) is 5. The number of amides is 1. The van der Waals surface area contributed by atoms with Gasteiger partial charge in [0, 0.05) is 25.2 Å². The molecular weight excluding hydrogens is 416 g/mol. The highest BCUT2D eigenvalue weighted by Gasteiger charge is 2.33. The van der Waals surface area contributed by atoms with Crippen LogP contribution in [0.3, 0.4) is 0 Å². The summed E-state index contributed by atoms with van der Waals surface area (Å²) >= 11 is 0. The monoisotopic (exact) mass is 444 g/mol. The maximum Gasteiger partial charge on any atom is 0.272 e. The zero-order valence-corrected chi connectivity index (χ0v) is 18.7. The largest absolute Gasteiger partial charge is 0.493 e. The second-order valence-corrected chi connectivity index (χ2v) is 8.83. The molecule has 1 saturated heterocycles. The fraction of sp³-hybridized carbons (Fsp3) is 0.333. The Labute approximate surface area is 193 Å². The average molecular weight is 445 g/mol. The molecule has 1 aliphatic heterocycles. The molecule has 2 aromatic carbocycles. The summed E-state index contributed by atoms with van der Waals surface area (Å²) in [5, 5.41) is 9.28. The van der Waals surface area contributed by atoms with Gasteiger partial charge in [-0.2, -0.15) is 0 Å². The molecule has 0 unspecified atom stereocenters. The Balaban J connectivity index is 1.19. The molecule has 6 nitrogen and oxygen atoms in total. The van der Waals surface area contributed by atoms with E-state index in [9.17, 15) is 9.90 Å². The number of pyridine rings is 1. The number of methoxy groups -OCH3 is 1. The smallest absolute Gasteiger partial charge is 0.272 e. The summed E-state index contributed by atoms with van der Waals surface area (Å²) in [5.74, 6) is 2.30. The summed E-state index contributed by atoms with van der Waals surface area (Å²) in [6.45, 7) is 1.64. The van der Waals surface area contributed by atoms with Crippen LogP contribution in [0.4, 0.5) is 0 Å². The van der Waals surface area contributed by atoms with Crippen molar-refractivity contribution in [1.82, 2.24) is 9.88 Å². The summed E-state index contributed by atoms with van der Waals surface area (Å²) in [7, 11) is 1.65. The number of aliphatic hydroxyl groups excluding tert-OH is 1. The Hall–Kier alpha value is -3.38. The molecule has 170 valence electrons. The van der Waals surface area contributed by atoms with Gasteiger partial charge in [-0.3, -0.25) is 9.78 Å². The second kappa shape index (κ2) is 9.24. The molecule has 1 N–H and O–H groups in total. The van der Waals surface area contributed by atoms with Gasteiger partial charge in [-0.25, -0.2) is 0 Å².